The second kappa shape index (κ2) is 11.4. The Kier molecular flexibility index (Phi) is 9.27. The highest BCUT2D eigenvalue weighted by atomic mass is 32.2. The van der Waals surface area contributed by atoms with Crippen LogP contribution in [-0.2, 0) is 4.74 Å². The van der Waals surface area contributed by atoms with Gasteiger partial charge in [-0.3, -0.25) is 19.7 Å². The third-order valence-electron chi connectivity index (χ3n) is 5.08. The van der Waals surface area contributed by atoms with Crippen LogP contribution in [0.3, 0.4) is 0 Å². The zero-order valence-corrected chi connectivity index (χ0v) is 20.5. The fraction of sp³-hybridized carbons (Fsp3) is 0.455. The minimum absolute atomic E-state index is 0.273. The van der Waals surface area contributed by atoms with E-state index in [2.05, 4.69) is 15.4 Å². The van der Waals surface area contributed by atoms with E-state index in [1.165, 1.54) is 30.8 Å². The molecule has 0 saturated heterocycles. The number of amides is 2. The molecule has 1 aromatic carbocycles. The third-order valence-corrected chi connectivity index (χ3v) is 5.92. The van der Waals surface area contributed by atoms with Crippen LogP contribution < -0.4 is 10.6 Å². The molecule has 15 heteroatoms. The van der Waals surface area contributed by atoms with Crippen molar-refractivity contribution >= 4 is 29.3 Å². The van der Waals surface area contributed by atoms with Gasteiger partial charge in [-0.15, -0.1) is 0 Å². The second-order valence-corrected chi connectivity index (χ2v) is 9.28. The van der Waals surface area contributed by atoms with Crippen molar-refractivity contribution in [2.45, 2.75) is 50.3 Å². The highest BCUT2D eigenvalue weighted by Crippen LogP contribution is 2.38. The molecule has 0 heterocycles. The van der Waals surface area contributed by atoms with Crippen LogP contribution in [-0.4, -0.2) is 58.8 Å². The van der Waals surface area contributed by atoms with Gasteiger partial charge in [0.1, 0.15) is 11.3 Å². The van der Waals surface area contributed by atoms with Gasteiger partial charge in [-0.25, -0.2) is 4.39 Å². The largest absolute Gasteiger partial charge is 0.439 e. The molecule has 0 fully saturated rings. The standard InChI is InChI=1S/C22H23F6N3O5S/c1-12(11-37-3)29-18(33)16-14(5-4-6-15(16)31(34)35)17(32)30-20(2)9-7-13(8-10-20)36-22(27,28)19(23)21(24,25)26/h4-9,12,19H,10-11H2,1-3H3,(H,29,33)(H,30,32). The number of alkyl halides is 6. The van der Waals surface area contributed by atoms with Crippen molar-refractivity contribution < 1.29 is 45.6 Å². The van der Waals surface area contributed by atoms with E-state index in [0.29, 0.717) is 5.75 Å². The summed E-state index contributed by atoms with van der Waals surface area (Å²) in [7, 11) is 0. The highest BCUT2D eigenvalue weighted by Gasteiger charge is 2.59. The predicted molar refractivity (Wildman–Crippen MR) is 123 cm³/mol. The van der Waals surface area contributed by atoms with Crippen molar-refractivity contribution in [1.82, 2.24) is 10.6 Å². The smallest absolute Gasteiger partial charge is 0.430 e. The lowest BCUT2D eigenvalue weighted by molar-refractivity contribution is -0.385. The molecule has 0 aromatic heterocycles. The molecule has 1 aliphatic rings. The monoisotopic (exact) mass is 555 g/mol. The molecule has 37 heavy (non-hydrogen) atoms. The number of carbonyl (C=O) groups excluding carboxylic acids is 2. The first-order valence-electron chi connectivity index (χ1n) is 10.6. The Hall–Kier alpha value is -3.23. The molecule has 0 saturated carbocycles. The van der Waals surface area contributed by atoms with Gasteiger partial charge in [0.15, 0.2) is 0 Å². The summed E-state index contributed by atoms with van der Waals surface area (Å²) in [6, 6.07) is 3.07. The molecule has 2 amide bonds. The van der Waals surface area contributed by atoms with Crippen LogP contribution in [0.4, 0.5) is 32.0 Å². The normalized spacial score (nSPS) is 19.4. The summed E-state index contributed by atoms with van der Waals surface area (Å²) in [4.78, 5) is 36.6. The molecule has 0 aliphatic heterocycles. The summed E-state index contributed by atoms with van der Waals surface area (Å²) in [5, 5.41) is 16.6. The van der Waals surface area contributed by atoms with E-state index in [1.54, 1.807) is 13.2 Å². The third kappa shape index (κ3) is 7.63. The van der Waals surface area contributed by atoms with E-state index in [4.69, 9.17) is 0 Å². The lowest BCUT2D eigenvalue weighted by Gasteiger charge is -2.31. The van der Waals surface area contributed by atoms with E-state index in [1.807, 2.05) is 0 Å². The lowest BCUT2D eigenvalue weighted by Crippen LogP contribution is -2.46. The number of allylic oxidation sites excluding steroid dienone is 1. The Morgan fingerprint density at radius 2 is 1.89 bits per heavy atom. The number of carbonyl (C=O) groups is 2. The molecule has 2 rings (SSSR count). The summed E-state index contributed by atoms with van der Waals surface area (Å²) >= 11 is 1.42. The van der Waals surface area contributed by atoms with Gasteiger partial charge in [-0.1, -0.05) is 12.1 Å². The molecule has 3 unspecified atom stereocenters. The number of rotatable bonds is 10. The predicted octanol–water partition coefficient (Wildman–Crippen LogP) is 4.92. The van der Waals surface area contributed by atoms with Gasteiger partial charge < -0.3 is 15.4 Å². The van der Waals surface area contributed by atoms with E-state index < -0.39 is 57.7 Å². The van der Waals surface area contributed by atoms with Crippen molar-refractivity contribution in [2.75, 3.05) is 12.0 Å². The molecule has 204 valence electrons. The summed E-state index contributed by atoms with van der Waals surface area (Å²) < 4.78 is 81.0. The van der Waals surface area contributed by atoms with Crippen molar-refractivity contribution in [1.29, 1.82) is 0 Å². The Balaban J connectivity index is 2.24. The van der Waals surface area contributed by atoms with Crippen LogP contribution in [0.25, 0.3) is 0 Å². The van der Waals surface area contributed by atoms with Gasteiger partial charge in [0.05, 0.1) is 16.0 Å². The van der Waals surface area contributed by atoms with Gasteiger partial charge in [0.2, 0.25) is 0 Å². The number of thioether (sulfide) groups is 1. The molecule has 2 N–H and O–H groups in total. The Morgan fingerprint density at radius 3 is 2.41 bits per heavy atom. The molecular formula is C22H23F6N3O5S. The molecule has 1 aliphatic carbocycles. The van der Waals surface area contributed by atoms with Gasteiger partial charge in [0.25, 0.3) is 23.7 Å². The molecule has 0 spiro atoms. The Morgan fingerprint density at radius 1 is 1.24 bits per heavy atom. The van der Waals surface area contributed by atoms with E-state index in [0.717, 1.165) is 24.3 Å². The highest BCUT2D eigenvalue weighted by molar-refractivity contribution is 7.98. The van der Waals surface area contributed by atoms with Crippen LogP contribution >= 0.6 is 11.8 Å². The number of hydrogen-bond donors (Lipinski definition) is 2. The molecule has 0 radical (unpaired) electrons. The number of benzene rings is 1. The number of halogens is 6. The minimum atomic E-state index is -5.85. The van der Waals surface area contributed by atoms with Gasteiger partial charge in [-0.05, 0) is 44.7 Å². The van der Waals surface area contributed by atoms with E-state index in [-0.39, 0.29) is 18.0 Å². The quantitative estimate of drug-likeness (QED) is 0.241. The Labute approximate surface area is 211 Å². The minimum Gasteiger partial charge on any atom is -0.430 e. The first-order valence-corrected chi connectivity index (χ1v) is 12.0. The van der Waals surface area contributed by atoms with Crippen LogP contribution in [0, 0.1) is 10.1 Å². The SMILES string of the molecule is CSCC(C)NC(=O)c1c(C(=O)NC2(C)C=CC(OC(F)(F)C(F)C(F)(F)F)=CC2)cccc1[N+](=O)[O-]. The fourth-order valence-corrected chi connectivity index (χ4v) is 3.90. The molecule has 0 bridgehead atoms. The first kappa shape index (κ1) is 30.0. The zero-order valence-electron chi connectivity index (χ0n) is 19.7. The summed E-state index contributed by atoms with van der Waals surface area (Å²) in [5.74, 6) is -2.03. The number of ether oxygens (including phenoxy) is 1. The Bertz CT molecular complexity index is 1110. The lowest BCUT2D eigenvalue weighted by atomic mass is 9.92. The molecule has 3 atom stereocenters. The first-order chi connectivity index (χ1) is 17.0. The van der Waals surface area contributed by atoms with Crippen LogP contribution in [0.1, 0.15) is 41.0 Å². The summed E-state index contributed by atoms with van der Waals surface area (Å²) in [5.41, 5.74) is -2.75. The van der Waals surface area contributed by atoms with Gasteiger partial charge in [-0.2, -0.15) is 33.7 Å². The van der Waals surface area contributed by atoms with Crippen LogP contribution in [0.15, 0.2) is 42.2 Å². The van der Waals surface area contributed by atoms with Crippen molar-refractivity contribution in [3.8, 4) is 0 Å². The number of nitro groups is 1. The maximum Gasteiger partial charge on any atom is 0.439 e. The summed E-state index contributed by atoms with van der Waals surface area (Å²) in [6.07, 6.45) is -11.2. The fourth-order valence-electron chi connectivity index (χ4n) is 3.32. The number of hydrogen-bond acceptors (Lipinski definition) is 6. The number of nitrogens with zero attached hydrogens (tertiary/aromatic N) is 1. The van der Waals surface area contributed by atoms with Crippen LogP contribution in [0.2, 0.25) is 0 Å². The topological polar surface area (TPSA) is 111 Å². The molecule has 1 aromatic rings. The average molecular weight is 555 g/mol. The number of nitro benzene ring substituents is 1. The second-order valence-electron chi connectivity index (χ2n) is 8.37. The molecular weight excluding hydrogens is 532 g/mol. The van der Waals surface area contributed by atoms with Crippen LogP contribution in [0.5, 0.6) is 0 Å². The number of nitrogens with one attached hydrogen (secondary N) is 2. The average Bonchev–Trinajstić information content (AvgIpc) is 2.78. The maximum atomic E-state index is 13.5. The van der Waals surface area contributed by atoms with Crippen molar-refractivity contribution in [2.24, 2.45) is 0 Å². The van der Waals surface area contributed by atoms with Gasteiger partial charge >= 0.3 is 12.3 Å². The van der Waals surface area contributed by atoms with Crippen molar-refractivity contribution in [3.05, 3.63) is 63.4 Å². The summed E-state index contributed by atoms with van der Waals surface area (Å²) in [6.45, 7) is 3.09. The molecule has 8 nitrogen and oxygen atoms in total. The van der Waals surface area contributed by atoms with E-state index in [9.17, 15) is 46.0 Å². The maximum absolute atomic E-state index is 13.5. The van der Waals surface area contributed by atoms with Gasteiger partial charge in [0, 0.05) is 17.9 Å². The van der Waals surface area contributed by atoms with E-state index >= 15 is 0 Å². The zero-order chi connectivity index (χ0) is 28.2. The van der Waals surface area contributed by atoms with Crippen molar-refractivity contribution in [3.63, 3.8) is 0 Å².